The number of rotatable bonds is 2. The van der Waals surface area contributed by atoms with Crippen LogP contribution in [0.2, 0.25) is 0 Å². The molecule has 4 nitrogen and oxygen atoms in total. The van der Waals surface area contributed by atoms with E-state index in [1.165, 1.54) is 12.1 Å². The molecule has 0 aliphatic heterocycles. The van der Waals surface area contributed by atoms with Gasteiger partial charge in [-0.05, 0) is 12.1 Å². The smallest absolute Gasteiger partial charge is 0.362 e. The van der Waals surface area contributed by atoms with Crippen LogP contribution < -0.4 is 4.18 Å². The Kier molecular flexibility index (Phi) is 4.81. The monoisotopic (exact) mass is 197 g/mol. The van der Waals surface area contributed by atoms with Crippen LogP contribution in [0.3, 0.4) is 0 Å². The van der Waals surface area contributed by atoms with Crippen LogP contribution in [0.15, 0.2) is 30.3 Å². The molecule has 0 fully saturated rings. The van der Waals surface area contributed by atoms with E-state index in [0.717, 1.165) is 0 Å². The summed E-state index contributed by atoms with van der Waals surface area (Å²) in [7, 11) is -4.38. The van der Waals surface area contributed by atoms with Crippen molar-refractivity contribution in [2.24, 2.45) is 0 Å². The minimum atomic E-state index is -4.38. The van der Waals surface area contributed by atoms with Crippen molar-refractivity contribution < 1.29 is 17.2 Å². The fraction of sp³-hybridized carbons (Fsp3) is 0. The van der Waals surface area contributed by atoms with Gasteiger partial charge >= 0.3 is 10.4 Å². The van der Waals surface area contributed by atoms with Gasteiger partial charge in [0.05, 0.1) is 0 Å². The van der Waals surface area contributed by atoms with Gasteiger partial charge in [0.1, 0.15) is 5.75 Å². The van der Waals surface area contributed by atoms with Crippen molar-refractivity contribution >= 4 is 40.0 Å². The molecular formula is C6H6NaO4S. The van der Waals surface area contributed by atoms with Crippen LogP contribution in [0, 0.1) is 0 Å². The van der Waals surface area contributed by atoms with Crippen molar-refractivity contribution in [3.63, 3.8) is 0 Å². The zero-order chi connectivity index (χ0) is 8.32. The molecule has 0 aliphatic rings. The number of para-hydroxylation sites is 1. The molecule has 0 spiro atoms. The van der Waals surface area contributed by atoms with Gasteiger partial charge in [-0.3, -0.25) is 4.55 Å². The summed E-state index contributed by atoms with van der Waals surface area (Å²) < 4.78 is 32.6. The number of hydrogen-bond acceptors (Lipinski definition) is 3. The Balaban J connectivity index is 0.00000121. The summed E-state index contributed by atoms with van der Waals surface area (Å²) in [6.45, 7) is 0. The fourth-order valence-electron chi connectivity index (χ4n) is 0.598. The third-order valence-corrected chi connectivity index (χ3v) is 1.35. The van der Waals surface area contributed by atoms with Gasteiger partial charge in [-0.2, -0.15) is 8.42 Å². The van der Waals surface area contributed by atoms with E-state index in [1.807, 2.05) is 0 Å². The first-order valence-electron chi connectivity index (χ1n) is 2.80. The largest absolute Gasteiger partial charge is 0.446 e. The van der Waals surface area contributed by atoms with Crippen molar-refractivity contribution in [2.75, 3.05) is 0 Å². The van der Waals surface area contributed by atoms with Gasteiger partial charge < -0.3 is 4.18 Å². The second-order valence-corrected chi connectivity index (χ2v) is 2.85. The Labute approximate surface area is 92.8 Å². The molecule has 1 radical (unpaired) electrons. The van der Waals surface area contributed by atoms with Gasteiger partial charge in [0.15, 0.2) is 0 Å². The van der Waals surface area contributed by atoms with E-state index in [2.05, 4.69) is 4.18 Å². The van der Waals surface area contributed by atoms with Crippen LogP contribution in [0.5, 0.6) is 5.75 Å². The van der Waals surface area contributed by atoms with Crippen molar-refractivity contribution in [1.82, 2.24) is 0 Å². The Hall–Kier alpha value is -0.0700. The van der Waals surface area contributed by atoms with Crippen LogP contribution >= 0.6 is 0 Å². The number of benzene rings is 1. The molecule has 0 saturated heterocycles. The molecular weight excluding hydrogens is 191 g/mol. The van der Waals surface area contributed by atoms with E-state index in [9.17, 15) is 8.42 Å². The first-order valence-corrected chi connectivity index (χ1v) is 4.16. The molecule has 0 unspecified atom stereocenters. The quantitative estimate of drug-likeness (QED) is 0.553. The van der Waals surface area contributed by atoms with Crippen molar-refractivity contribution in [1.29, 1.82) is 0 Å². The minimum Gasteiger partial charge on any atom is -0.362 e. The molecule has 12 heavy (non-hydrogen) atoms. The number of hydrogen-bond donors (Lipinski definition) is 1. The summed E-state index contributed by atoms with van der Waals surface area (Å²) >= 11 is 0. The average molecular weight is 197 g/mol. The second-order valence-electron chi connectivity index (χ2n) is 1.82. The van der Waals surface area contributed by atoms with E-state index in [-0.39, 0.29) is 35.3 Å². The van der Waals surface area contributed by atoms with Crippen LogP contribution in [0.4, 0.5) is 0 Å². The van der Waals surface area contributed by atoms with E-state index >= 15 is 0 Å². The third kappa shape index (κ3) is 4.74. The van der Waals surface area contributed by atoms with Gasteiger partial charge in [-0.1, -0.05) is 18.2 Å². The van der Waals surface area contributed by atoms with Gasteiger partial charge in [-0.25, -0.2) is 0 Å². The fourth-order valence-corrected chi connectivity index (χ4v) is 0.952. The van der Waals surface area contributed by atoms with Gasteiger partial charge in [0.2, 0.25) is 0 Å². The molecule has 6 heteroatoms. The van der Waals surface area contributed by atoms with Crippen molar-refractivity contribution in [3.05, 3.63) is 30.3 Å². The van der Waals surface area contributed by atoms with E-state index in [4.69, 9.17) is 4.55 Å². The van der Waals surface area contributed by atoms with E-state index < -0.39 is 10.4 Å². The molecule has 0 saturated carbocycles. The first kappa shape index (κ1) is 11.9. The Morgan fingerprint density at radius 1 is 1.17 bits per heavy atom. The molecule has 0 bridgehead atoms. The molecule has 1 N–H and O–H groups in total. The zero-order valence-corrected chi connectivity index (χ0v) is 9.28. The molecule has 0 atom stereocenters. The molecule has 1 aromatic carbocycles. The topological polar surface area (TPSA) is 63.6 Å². The summed E-state index contributed by atoms with van der Waals surface area (Å²) in [5.74, 6) is 0.0926. The van der Waals surface area contributed by atoms with Crippen LogP contribution in [-0.4, -0.2) is 42.5 Å². The Morgan fingerprint density at radius 3 is 2.08 bits per heavy atom. The Morgan fingerprint density at radius 2 is 1.67 bits per heavy atom. The molecule has 1 rings (SSSR count). The molecule has 0 aromatic heterocycles. The summed E-state index contributed by atoms with van der Waals surface area (Å²) in [6.07, 6.45) is 0. The maximum Gasteiger partial charge on any atom is 0.446 e. The molecule has 61 valence electrons. The SMILES string of the molecule is O=S(=O)(O)Oc1ccccc1.[Na]. The predicted molar refractivity (Wildman–Crippen MR) is 44.4 cm³/mol. The standard InChI is InChI=1S/C6H6O4S.Na/c7-11(8,9)10-6-4-2-1-3-5-6;/h1-5H,(H,7,8,9);. The summed E-state index contributed by atoms with van der Waals surface area (Å²) in [6, 6.07) is 7.75. The Bertz CT molecular complexity index is 321. The minimum absolute atomic E-state index is 0. The molecule has 0 amide bonds. The van der Waals surface area contributed by atoms with Gasteiger partial charge in [0, 0.05) is 29.6 Å². The first-order chi connectivity index (χ1) is 5.08. The van der Waals surface area contributed by atoms with Gasteiger partial charge in [-0.15, -0.1) is 0 Å². The summed E-state index contributed by atoms with van der Waals surface area (Å²) in [5, 5.41) is 0. The maximum atomic E-state index is 10.1. The van der Waals surface area contributed by atoms with Crippen molar-refractivity contribution in [2.45, 2.75) is 0 Å². The molecule has 0 aliphatic carbocycles. The normalized spacial score (nSPS) is 10.1. The van der Waals surface area contributed by atoms with Crippen LogP contribution in [0.1, 0.15) is 0 Å². The van der Waals surface area contributed by atoms with Crippen molar-refractivity contribution in [3.8, 4) is 5.75 Å². The summed E-state index contributed by atoms with van der Waals surface area (Å²) in [4.78, 5) is 0. The summed E-state index contributed by atoms with van der Waals surface area (Å²) in [5.41, 5.74) is 0. The van der Waals surface area contributed by atoms with E-state index in [1.54, 1.807) is 18.2 Å². The maximum absolute atomic E-state index is 10.1. The van der Waals surface area contributed by atoms with E-state index in [0.29, 0.717) is 0 Å². The van der Waals surface area contributed by atoms with Crippen LogP contribution in [0.25, 0.3) is 0 Å². The van der Waals surface area contributed by atoms with Gasteiger partial charge in [0.25, 0.3) is 0 Å². The predicted octanol–water partition coefficient (Wildman–Crippen LogP) is 0.487. The van der Waals surface area contributed by atoms with Crippen LogP contribution in [-0.2, 0) is 10.4 Å². The third-order valence-electron chi connectivity index (χ3n) is 0.945. The second kappa shape index (κ2) is 4.84. The average Bonchev–Trinajstić information content (AvgIpc) is 1.85. The molecule has 0 heterocycles. The zero-order valence-electron chi connectivity index (χ0n) is 6.47. The molecule has 1 aromatic rings.